The smallest absolute Gasteiger partial charge is 0.335 e. The molecule has 1 fully saturated rings. The van der Waals surface area contributed by atoms with E-state index in [0.717, 1.165) is 36.4 Å². The molecule has 2 atom stereocenters. The number of pyridine rings is 1. The largest absolute Gasteiger partial charge is 0.478 e. The van der Waals surface area contributed by atoms with E-state index in [1.54, 1.807) is 30.5 Å². The number of aromatic nitrogens is 1. The topological polar surface area (TPSA) is 78.6 Å². The zero-order chi connectivity index (χ0) is 21.1. The number of rotatable bonds is 7. The van der Waals surface area contributed by atoms with Crippen molar-refractivity contribution in [3.8, 4) is 11.3 Å². The Morgan fingerprint density at radius 1 is 1.20 bits per heavy atom. The van der Waals surface area contributed by atoms with Gasteiger partial charge in [0.25, 0.3) is 0 Å². The minimum atomic E-state index is -0.947. The number of nitrogens with zero attached hydrogens (tertiary/aromatic N) is 2. The highest BCUT2D eigenvalue weighted by Gasteiger charge is 2.41. The summed E-state index contributed by atoms with van der Waals surface area (Å²) in [4.78, 5) is 17.8. The Morgan fingerprint density at radius 2 is 2.00 bits per heavy atom. The Bertz CT molecular complexity index is 1030. The van der Waals surface area contributed by atoms with Gasteiger partial charge in [0.05, 0.1) is 17.3 Å². The van der Waals surface area contributed by atoms with Gasteiger partial charge in [-0.05, 0) is 55.0 Å². The minimum Gasteiger partial charge on any atom is -0.478 e. The summed E-state index contributed by atoms with van der Waals surface area (Å²) in [5.41, 5.74) is 1.98. The van der Waals surface area contributed by atoms with Crippen molar-refractivity contribution in [1.29, 1.82) is 0 Å². The Morgan fingerprint density at radius 3 is 2.67 bits per heavy atom. The van der Waals surface area contributed by atoms with Crippen molar-refractivity contribution in [2.45, 2.75) is 31.8 Å². The van der Waals surface area contributed by atoms with Crippen molar-refractivity contribution in [3.05, 3.63) is 77.8 Å². The Labute approximate surface area is 180 Å². The number of nitrogens with one attached hydrogen (secondary N) is 1. The van der Waals surface area contributed by atoms with Crippen LogP contribution >= 0.6 is 12.2 Å². The summed E-state index contributed by atoms with van der Waals surface area (Å²) in [5, 5.41) is 13.2. The first-order chi connectivity index (χ1) is 14.6. The number of aromatic carboxylic acids is 1. The fourth-order valence-corrected chi connectivity index (χ4v) is 4.06. The minimum absolute atomic E-state index is 0.106. The van der Waals surface area contributed by atoms with Crippen LogP contribution in [0.3, 0.4) is 0 Å². The third kappa shape index (κ3) is 3.93. The highest BCUT2D eigenvalue weighted by atomic mass is 32.1. The van der Waals surface area contributed by atoms with E-state index in [0.29, 0.717) is 10.9 Å². The van der Waals surface area contributed by atoms with Crippen LogP contribution in [0.25, 0.3) is 11.3 Å². The van der Waals surface area contributed by atoms with Gasteiger partial charge in [0.15, 0.2) is 5.11 Å². The van der Waals surface area contributed by atoms with Crippen molar-refractivity contribution in [1.82, 2.24) is 15.2 Å². The number of hydrogen-bond acceptors (Lipinski definition) is 4. The SMILES string of the molecule is CCCCN1C(=S)NC(c2ccccn2)C1c1ccc(-c2ccc(C(=O)O)cc2)o1. The van der Waals surface area contributed by atoms with Crippen molar-refractivity contribution in [3.63, 3.8) is 0 Å². The molecule has 0 spiro atoms. The van der Waals surface area contributed by atoms with E-state index >= 15 is 0 Å². The predicted octanol–water partition coefficient (Wildman–Crippen LogP) is 4.81. The van der Waals surface area contributed by atoms with Crippen LogP contribution in [0.2, 0.25) is 0 Å². The molecule has 1 aromatic carbocycles. The molecule has 6 nitrogen and oxygen atoms in total. The maximum atomic E-state index is 11.1. The van der Waals surface area contributed by atoms with Crippen LogP contribution < -0.4 is 5.32 Å². The van der Waals surface area contributed by atoms with Crippen LogP contribution in [0.1, 0.15) is 53.7 Å². The number of unbranched alkanes of at least 4 members (excludes halogenated alkanes) is 1. The lowest BCUT2D eigenvalue weighted by Crippen LogP contribution is -2.30. The molecule has 1 saturated heterocycles. The standard InChI is InChI=1S/C23H23N3O3S/c1-2-3-14-26-21(20(25-23(26)30)17-6-4-5-13-24-17)19-12-11-18(29-19)15-7-9-16(10-8-15)22(27)28/h4-13,20-21H,2-3,14H2,1H3,(H,25,30)(H,27,28). The fourth-order valence-electron chi connectivity index (χ4n) is 3.73. The third-order valence-electron chi connectivity index (χ3n) is 5.28. The first kappa shape index (κ1) is 20.1. The van der Waals surface area contributed by atoms with E-state index in [2.05, 4.69) is 22.1 Å². The molecule has 3 aromatic rings. The highest BCUT2D eigenvalue weighted by molar-refractivity contribution is 7.80. The van der Waals surface area contributed by atoms with E-state index in [1.807, 2.05) is 30.3 Å². The second-order valence-corrected chi connectivity index (χ2v) is 7.64. The van der Waals surface area contributed by atoms with Crippen LogP contribution in [-0.4, -0.2) is 32.6 Å². The van der Waals surface area contributed by atoms with Gasteiger partial charge in [0.2, 0.25) is 0 Å². The lowest BCUT2D eigenvalue weighted by atomic mass is 10.0. The second-order valence-electron chi connectivity index (χ2n) is 7.26. The molecule has 7 heteroatoms. The van der Waals surface area contributed by atoms with E-state index in [9.17, 15) is 4.79 Å². The summed E-state index contributed by atoms with van der Waals surface area (Å²) in [7, 11) is 0. The van der Waals surface area contributed by atoms with Crippen molar-refractivity contribution >= 4 is 23.3 Å². The molecule has 154 valence electrons. The van der Waals surface area contributed by atoms with Crippen LogP contribution in [-0.2, 0) is 0 Å². The van der Waals surface area contributed by atoms with E-state index < -0.39 is 5.97 Å². The van der Waals surface area contributed by atoms with Gasteiger partial charge in [-0.25, -0.2) is 4.79 Å². The van der Waals surface area contributed by atoms with Gasteiger partial charge < -0.3 is 19.7 Å². The molecule has 0 bridgehead atoms. The predicted molar refractivity (Wildman–Crippen MR) is 118 cm³/mol. The molecule has 0 amide bonds. The zero-order valence-electron chi connectivity index (χ0n) is 16.6. The summed E-state index contributed by atoms with van der Waals surface area (Å²) in [6.45, 7) is 2.99. The Hall–Kier alpha value is -3.19. The van der Waals surface area contributed by atoms with Crippen molar-refractivity contribution in [2.24, 2.45) is 0 Å². The van der Waals surface area contributed by atoms with Crippen LogP contribution in [0.4, 0.5) is 0 Å². The summed E-state index contributed by atoms with van der Waals surface area (Å²) in [6.07, 6.45) is 3.88. The number of carboxylic acid groups (broad SMARTS) is 1. The van der Waals surface area contributed by atoms with Gasteiger partial charge in [-0.15, -0.1) is 0 Å². The molecule has 1 aliphatic heterocycles. The fraction of sp³-hybridized carbons (Fsp3) is 0.261. The number of benzene rings is 1. The molecular weight excluding hydrogens is 398 g/mol. The number of carbonyl (C=O) groups is 1. The van der Waals surface area contributed by atoms with Gasteiger partial charge in [-0.2, -0.15) is 0 Å². The molecule has 2 N–H and O–H groups in total. The van der Waals surface area contributed by atoms with E-state index in [4.69, 9.17) is 21.7 Å². The molecule has 0 saturated carbocycles. The van der Waals surface area contributed by atoms with Gasteiger partial charge in [0, 0.05) is 18.3 Å². The van der Waals surface area contributed by atoms with E-state index in [1.165, 1.54) is 0 Å². The Kier molecular flexibility index (Phi) is 5.81. The van der Waals surface area contributed by atoms with Crippen LogP contribution in [0.5, 0.6) is 0 Å². The highest BCUT2D eigenvalue weighted by Crippen LogP contribution is 2.40. The van der Waals surface area contributed by atoms with Crippen molar-refractivity contribution < 1.29 is 14.3 Å². The summed E-state index contributed by atoms with van der Waals surface area (Å²) >= 11 is 5.64. The van der Waals surface area contributed by atoms with Gasteiger partial charge in [0.1, 0.15) is 17.6 Å². The maximum Gasteiger partial charge on any atom is 0.335 e. The maximum absolute atomic E-state index is 11.1. The second kappa shape index (κ2) is 8.67. The average Bonchev–Trinajstić information content (AvgIpc) is 3.37. The van der Waals surface area contributed by atoms with Crippen LogP contribution in [0, 0.1) is 0 Å². The van der Waals surface area contributed by atoms with Gasteiger partial charge in [-0.3, -0.25) is 4.98 Å². The third-order valence-corrected chi connectivity index (χ3v) is 5.64. The number of carboxylic acids is 1. The summed E-state index contributed by atoms with van der Waals surface area (Å²) < 4.78 is 6.25. The molecule has 0 aliphatic carbocycles. The molecule has 3 heterocycles. The normalized spacial score (nSPS) is 18.4. The molecule has 30 heavy (non-hydrogen) atoms. The lowest BCUT2D eigenvalue weighted by Gasteiger charge is -2.25. The number of thiocarbonyl (C=S) groups is 1. The molecular formula is C23H23N3O3S. The number of furan rings is 1. The Balaban J connectivity index is 1.67. The molecule has 2 unspecified atom stereocenters. The van der Waals surface area contributed by atoms with Gasteiger partial charge in [-0.1, -0.05) is 31.5 Å². The van der Waals surface area contributed by atoms with Crippen LogP contribution in [0.15, 0.2) is 65.2 Å². The first-order valence-corrected chi connectivity index (χ1v) is 10.4. The molecule has 4 rings (SSSR count). The lowest BCUT2D eigenvalue weighted by molar-refractivity contribution is 0.0697. The summed E-state index contributed by atoms with van der Waals surface area (Å²) in [5.74, 6) is 0.540. The molecule has 1 aliphatic rings. The first-order valence-electron chi connectivity index (χ1n) is 10.00. The summed E-state index contributed by atoms with van der Waals surface area (Å²) in [6, 6.07) is 16.2. The van der Waals surface area contributed by atoms with Crippen molar-refractivity contribution in [2.75, 3.05) is 6.54 Å². The van der Waals surface area contributed by atoms with Gasteiger partial charge >= 0.3 is 5.97 Å². The molecule has 0 radical (unpaired) electrons. The quantitative estimate of drug-likeness (QED) is 0.530. The van der Waals surface area contributed by atoms with E-state index in [-0.39, 0.29) is 17.6 Å². The zero-order valence-corrected chi connectivity index (χ0v) is 17.4. The number of hydrogen-bond donors (Lipinski definition) is 2. The average molecular weight is 422 g/mol. The molecule has 2 aromatic heterocycles. The monoisotopic (exact) mass is 421 g/mol.